The molecule has 0 bridgehead atoms. The van der Waals surface area contributed by atoms with Gasteiger partial charge in [-0.2, -0.15) is 0 Å². The number of nitro groups is 1. The van der Waals surface area contributed by atoms with E-state index in [2.05, 4.69) is 0 Å². The van der Waals surface area contributed by atoms with Crippen LogP contribution in [0.3, 0.4) is 0 Å². The van der Waals surface area contributed by atoms with Gasteiger partial charge in [-0.25, -0.2) is 4.39 Å². The molecule has 0 aliphatic carbocycles. The van der Waals surface area contributed by atoms with E-state index in [0.29, 0.717) is 0 Å². The molecular formula is C9H11FN2O3. The molecular weight excluding hydrogens is 203 g/mol. The number of hydrogen-bond donors (Lipinski definition) is 2. The van der Waals surface area contributed by atoms with E-state index in [1.807, 2.05) is 0 Å². The maximum Gasteiger partial charge on any atom is 0.275 e. The second-order valence-corrected chi connectivity index (χ2v) is 3.05. The summed E-state index contributed by atoms with van der Waals surface area (Å²) in [4.78, 5) is 9.92. The van der Waals surface area contributed by atoms with E-state index in [9.17, 15) is 19.6 Å². The van der Waals surface area contributed by atoms with Crippen molar-refractivity contribution in [3.8, 4) is 0 Å². The van der Waals surface area contributed by atoms with Crippen molar-refractivity contribution in [3.05, 3.63) is 39.7 Å². The minimum absolute atomic E-state index is 0.0366. The van der Waals surface area contributed by atoms with Gasteiger partial charge in [0.1, 0.15) is 5.82 Å². The quantitative estimate of drug-likeness (QED) is 0.580. The molecule has 0 fully saturated rings. The van der Waals surface area contributed by atoms with E-state index in [-0.39, 0.29) is 24.2 Å². The highest BCUT2D eigenvalue weighted by Crippen LogP contribution is 2.27. The summed E-state index contributed by atoms with van der Waals surface area (Å²) in [5, 5.41) is 20.1. The van der Waals surface area contributed by atoms with Crippen molar-refractivity contribution in [2.24, 2.45) is 5.73 Å². The Morgan fingerprint density at radius 2 is 2.27 bits per heavy atom. The second-order valence-electron chi connectivity index (χ2n) is 3.05. The summed E-state index contributed by atoms with van der Waals surface area (Å²) in [7, 11) is 0. The molecule has 0 aliphatic rings. The molecule has 0 saturated heterocycles. The van der Waals surface area contributed by atoms with Crippen LogP contribution in [0.25, 0.3) is 0 Å². The molecule has 1 unspecified atom stereocenters. The third-order valence-corrected chi connectivity index (χ3v) is 1.99. The summed E-state index contributed by atoms with van der Waals surface area (Å²) in [5.74, 6) is -0.619. The molecule has 1 aromatic carbocycles. The van der Waals surface area contributed by atoms with Gasteiger partial charge < -0.3 is 10.8 Å². The first-order valence-electron chi connectivity index (χ1n) is 4.38. The number of aliphatic hydroxyl groups excluding tert-OH is 1. The molecule has 1 aromatic rings. The van der Waals surface area contributed by atoms with Crippen LogP contribution in [0.1, 0.15) is 18.1 Å². The largest absolute Gasteiger partial charge is 0.388 e. The van der Waals surface area contributed by atoms with Gasteiger partial charge in [0.05, 0.1) is 16.6 Å². The first-order valence-corrected chi connectivity index (χ1v) is 4.38. The Bertz CT molecular complexity index is 370. The van der Waals surface area contributed by atoms with E-state index >= 15 is 0 Å². The summed E-state index contributed by atoms with van der Waals surface area (Å²) in [6.45, 7) is 0.175. The highest BCUT2D eigenvalue weighted by molar-refractivity contribution is 5.41. The molecule has 3 N–H and O–H groups in total. The van der Waals surface area contributed by atoms with Crippen molar-refractivity contribution in [3.63, 3.8) is 0 Å². The minimum atomic E-state index is -1.11. The Hall–Kier alpha value is -1.53. The lowest BCUT2D eigenvalue weighted by Crippen LogP contribution is -2.09. The molecule has 82 valence electrons. The molecule has 6 heteroatoms. The zero-order chi connectivity index (χ0) is 11.4. The number of hydrogen-bond acceptors (Lipinski definition) is 4. The lowest BCUT2D eigenvalue weighted by Gasteiger charge is -2.09. The third-order valence-electron chi connectivity index (χ3n) is 1.99. The number of halogens is 1. The van der Waals surface area contributed by atoms with E-state index in [1.165, 1.54) is 0 Å². The Labute approximate surface area is 85.5 Å². The van der Waals surface area contributed by atoms with Crippen LogP contribution in [0.2, 0.25) is 0 Å². The van der Waals surface area contributed by atoms with Gasteiger partial charge in [0.2, 0.25) is 0 Å². The van der Waals surface area contributed by atoms with Crippen LogP contribution in [0.15, 0.2) is 18.2 Å². The molecule has 0 amide bonds. The fraction of sp³-hybridized carbons (Fsp3) is 0.333. The van der Waals surface area contributed by atoms with Gasteiger partial charge in [-0.05, 0) is 25.1 Å². The molecule has 5 nitrogen and oxygen atoms in total. The molecule has 1 rings (SSSR count). The van der Waals surface area contributed by atoms with Crippen LogP contribution in [0.4, 0.5) is 10.1 Å². The maximum absolute atomic E-state index is 12.8. The number of aliphatic hydroxyl groups is 1. The van der Waals surface area contributed by atoms with Gasteiger partial charge in [-0.3, -0.25) is 10.1 Å². The number of rotatable bonds is 4. The Morgan fingerprint density at radius 3 is 2.80 bits per heavy atom. The van der Waals surface area contributed by atoms with Gasteiger partial charge >= 0.3 is 0 Å². The van der Waals surface area contributed by atoms with Crippen LogP contribution in [0, 0.1) is 15.9 Å². The van der Waals surface area contributed by atoms with Crippen molar-refractivity contribution >= 4 is 5.69 Å². The molecule has 1 atom stereocenters. The fourth-order valence-corrected chi connectivity index (χ4v) is 1.27. The first-order chi connectivity index (χ1) is 7.06. The van der Waals surface area contributed by atoms with Crippen LogP contribution in [-0.2, 0) is 0 Å². The van der Waals surface area contributed by atoms with Crippen LogP contribution in [0.5, 0.6) is 0 Å². The second kappa shape index (κ2) is 4.81. The fourth-order valence-electron chi connectivity index (χ4n) is 1.27. The van der Waals surface area contributed by atoms with E-state index in [4.69, 9.17) is 5.73 Å². The SMILES string of the molecule is NCCC(O)c1cc(F)ccc1[N+](=O)[O-]. The minimum Gasteiger partial charge on any atom is -0.388 e. The normalized spacial score (nSPS) is 12.5. The standard InChI is InChI=1S/C9H11FN2O3/c10-6-1-2-8(12(14)15)7(5-6)9(13)3-4-11/h1-2,5,9,13H,3-4,11H2. The smallest absolute Gasteiger partial charge is 0.275 e. The van der Waals surface area contributed by atoms with Crippen molar-refractivity contribution in [2.45, 2.75) is 12.5 Å². The molecule has 0 aromatic heterocycles. The van der Waals surface area contributed by atoms with Gasteiger partial charge in [0.15, 0.2) is 0 Å². The molecule has 0 spiro atoms. The molecule has 0 saturated carbocycles. The van der Waals surface area contributed by atoms with Crippen molar-refractivity contribution < 1.29 is 14.4 Å². The first kappa shape index (κ1) is 11.5. The van der Waals surface area contributed by atoms with E-state index in [0.717, 1.165) is 18.2 Å². The van der Waals surface area contributed by atoms with Gasteiger partial charge in [0, 0.05) is 6.07 Å². The lowest BCUT2D eigenvalue weighted by molar-refractivity contribution is -0.386. The summed E-state index contributed by atoms with van der Waals surface area (Å²) in [5.41, 5.74) is 4.88. The Morgan fingerprint density at radius 1 is 1.60 bits per heavy atom. The topological polar surface area (TPSA) is 89.4 Å². The number of nitro benzene ring substituents is 1. The lowest BCUT2D eigenvalue weighted by atomic mass is 10.0. The molecule has 15 heavy (non-hydrogen) atoms. The highest BCUT2D eigenvalue weighted by Gasteiger charge is 2.20. The average Bonchev–Trinajstić information content (AvgIpc) is 2.17. The average molecular weight is 214 g/mol. The number of nitrogens with two attached hydrogens (primary N) is 1. The molecule has 0 heterocycles. The van der Waals surface area contributed by atoms with Crippen molar-refractivity contribution in [2.75, 3.05) is 6.54 Å². The van der Waals surface area contributed by atoms with Crippen LogP contribution >= 0.6 is 0 Å². The highest BCUT2D eigenvalue weighted by atomic mass is 19.1. The zero-order valence-corrected chi connectivity index (χ0v) is 7.89. The van der Waals surface area contributed by atoms with Gasteiger partial charge in [-0.1, -0.05) is 0 Å². The molecule has 0 radical (unpaired) electrons. The summed E-state index contributed by atoms with van der Waals surface area (Å²) >= 11 is 0. The van der Waals surface area contributed by atoms with E-state index in [1.54, 1.807) is 0 Å². The predicted octanol–water partition coefficient (Wildman–Crippen LogP) is 1.12. The zero-order valence-electron chi connectivity index (χ0n) is 7.89. The van der Waals surface area contributed by atoms with Crippen LogP contribution < -0.4 is 5.73 Å². The third kappa shape index (κ3) is 2.71. The molecule has 0 aliphatic heterocycles. The maximum atomic E-state index is 12.8. The number of nitrogens with zero attached hydrogens (tertiary/aromatic N) is 1. The van der Waals surface area contributed by atoms with Crippen molar-refractivity contribution in [1.29, 1.82) is 0 Å². The van der Waals surface area contributed by atoms with Crippen molar-refractivity contribution in [1.82, 2.24) is 0 Å². The van der Waals surface area contributed by atoms with Gasteiger partial charge in [-0.15, -0.1) is 0 Å². The van der Waals surface area contributed by atoms with Gasteiger partial charge in [0.25, 0.3) is 5.69 Å². The van der Waals surface area contributed by atoms with E-state index < -0.39 is 16.8 Å². The summed E-state index contributed by atoms with van der Waals surface area (Å²) < 4.78 is 12.8. The van der Waals surface area contributed by atoms with Crippen LogP contribution in [-0.4, -0.2) is 16.6 Å². The predicted molar refractivity (Wildman–Crippen MR) is 51.7 cm³/mol. The monoisotopic (exact) mass is 214 g/mol. The number of benzene rings is 1. The Kier molecular flexibility index (Phi) is 3.70. The summed E-state index contributed by atoms with van der Waals surface area (Å²) in [6, 6.07) is 2.97. The summed E-state index contributed by atoms with van der Waals surface area (Å²) in [6.07, 6.45) is -0.948. The Balaban J connectivity index is 3.12.